The van der Waals surface area contributed by atoms with Crippen LogP contribution in [0.1, 0.15) is 33.3 Å². The van der Waals surface area contributed by atoms with Crippen LogP contribution in [0.25, 0.3) is 0 Å². The molecule has 0 saturated carbocycles. The highest BCUT2D eigenvalue weighted by atomic mass is 16.7. The van der Waals surface area contributed by atoms with E-state index in [1.165, 1.54) is 18.2 Å². The van der Waals surface area contributed by atoms with E-state index in [4.69, 9.17) is 33.2 Å². The average molecular weight is 667 g/mol. The summed E-state index contributed by atoms with van der Waals surface area (Å²) in [4.78, 5) is 80.1. The van der Waals surface area contributed by atoms with Crippen molar-refractivity contribution in [3.05, 3.63) is 68.3 Å². The second-order valence-electron chi connectivity index (χ2n) is 9.43. The number of ether oxygens (including phenoxy) is 7. The molecule has 254 valence electrons. The number of aliphatic hydroxyl groups excluding tert-OH is 1. The molecule has 0 amide bonds. The molecule has 0 saturated heterocycles. The van der Waals surface area contributed by atoms with Gasteiger partial charge in [-0.15, -0.1) is 0 Å². The van der Waals surface area contributed by atoms with Crippen LogP contribution in [0.4, 0.5) is 16.2 Å². The van der Waals surface area contributed by atoms with Gasteiger partial charge in [0.2, 0.25) is 0 Å². The highest BCUT2D eigenvalue weighted by Gasteiger charge is 2.42. The Kier molecular flexibility index (Phi) is 14.0. The SMILES string of the molecule is CC(=O)OCC(O)[C@H](OC(C)=O)[C@@H](OC(C)=O)[C@@H](COc1ccc(COC(=O)Oc2ccc([N+](=O)[O-])cc2)cc1[N+](=O)[O-])OC(C)=O. The lowest BCUT2D eigenvalue weighted by atomic mass is 10.0. The fourth-order valence-electron chi connectivity index (χ4n) is 3.80. The van der Waals surface area contributed by atoms with Gasteiger partial charge in [-0.2, -0.15) is 0 Å². The van der Waals surface area contributed by atoms with Crippen molar-refractivity contribution in [2.75, 3.05) is 13.2 Å². The molecule has 2 aromatic carbocycles. The molecule has 0 aliphatic heterocycles. The zero-order valence-corrected chi connectivity index (χ0v) is 25.3. The summed E-state index contributed by atoms with van der Waals surface area (Å²) in [6.45, 7) is 2.01. The first kappa shape index (κ1) is 37.3. The predicted molar refractivity (Wildman–Crippen MR) is 152 cm³/mol. The Balaban J connectivity index is 2.25. The van der Waals surface area contributed by atoms with Gasteiger partial charge in [0.1, 0.15) is 31.7 Å². The maximum atomic E-state index is 12.1. The number of carbonyl (C=O) groups is 5. The van der Waals surface area contributed by atoms with Crippen molar-refractivity contribution in [1.82, 2.24) is 0 Å². The quantitative estimate of drug-likeness (QED) is 0.0886. The van der Waals surface area contributed by atoms with Crippen LogP contribution in [0.2, 0.25) is 0 Å². The zero-order chi connectivity index (χ0) is 35.3. The Labute approximate surface area is 265 Å². The highest BCUT2D eigenvalue weighted by molar-refractivity contribution is 5.68. The third-order valence-corrected chi connectivity index (χ3v) is 5.68. The Morgan fingerprint density at radius 3 is 1.87 bits per heavy atom. The van der Waals surface area contributed by atoms with Crippen LogP contribution in [-0.2, 0) is 49.5 Å². The number of non-ortho nitro benzene ring substituents is 1. The van der Waals surface area contributed by atoms with Gasteiger partial charge >= 0.3 is 35.7 Å². The molecule has 0 fully saturated rings. The number of nitro benzene ring substituents is 2. The van der Waals surface area contributed by atoms with Crippen molar-refractivity contribution in [1.29, 1.82) is 0 Å². The maximum Gasteiger partial charge on any atom is 0.514 e. The number of aliphatic hydroxyl groups is 1. The molecule has 0 spiro atoms. The Morgan fingerprint density at radius 1 is 0.745 bits per heavy atom. The second kappa shape index (κ2) is 17.6. The number of nitro groups is 2. The van der Waals surface area contributed by atoms with E-state index in [1.807, 2.05) is 0 Å². The topological polar surface area (TPSA) is 256 Å². The van der Waals surface area contributed by atoms with Crippen molar-refractivity contribution in [3.63, 3.8) is 0 Å². The third kappa shape index (κ3) is 12.6. The molecule has 19 nitrogen and oxygen atoms in total. The van der Waals surface area contributed by atoms with Gasteiger partial charge in [0.15, 0.2) is 24.1 Å². The molecule has 0 aromatic heterocycles. The Bertz CT molecular complexity index is 1480. The van der Waals surface area contributed by atoms with Gasteiger partial charge in [0, 0.05) is 45.9 Å². The van der Waals surface area contributed by atoms with E-state index in [2.05, 4.69) is 0 Å². The first-order valence-corrected chi connectivity index (χ1v) is 13.4. The summed E-state index contributed by atoms with van der Waals surface area (Å²) in [7, 11) is 0. The fourth-order valence-corrected chi connectivity index (χ4v) is 3.80. The van der Waals surface area contributed by atoms with Crippen LogP contribution < -0.4 is 9.47 Å². The van der Waals surface area contributed by atoms with Gasteiger partial charge < -0.3 is 38.3 Å². The van der Waals surface area contributed by atoms with Gasteiger partial charge in [-0.3, -0.25) is 39.4 Å². The lowest BCUT2D eigenvalue weighted by molar-refractivity contribution is -0.386. The first-order chi connectivity index (χ1) is 22.1. The molecule has 0 aliphatic carbocycles. The molecule has 0 heterocycles. The van der Waals surface area contributed by atoms with E-state index < -0.39 is 89.8 Å². The zero-order valence-electron chi connectivity index (χ0n) is 25.3. The molecule has 1 N–H and O–H groups in total. The Hall–Kier alpha value is -5.85. The largest absolute Gasteiger partial charge is 0.514 e. The molecule has 4 atom stereocenters. The molecular formula is C28H30N2O17. The van der Waals surface area contributed by atoms with Crippen LogP contribution in [0.5, 0.6) is 11.5 Å². The Morgan fingerprint density at radius 2 is 1.34 bits per heavy atom. The van der Waals surface area contributed by atoms with Gasteiger partial charge in [-0.05, 0) is 23.8 Å². The second-order valence-corrected chi connectivity index (χ2v) is 9.43. The fraction of sp³-hybridized carbons (Fsp3) is 0.393. The molecule has 19 heteroatoms. The number of hydrogen-bond donors (Lipinski definition) is 1. The van der Waals surface area contributed by atoms with Crippen LogP contribution in [0, 0.1) is 20.2 Å². The van der Waals surface area contributed by atoms with Crippen molar-refractivity contribution < 1.29 is 72.1 Å². The summed E-state index contributed by atoms with van der Waals surface area (Å²) in [6.07, 6.45) is -8.14. The standard InChI is InChI=1S/C28H30N2O17/c1-15(31)41-13-23(35)26(45-17(3)33)27(46-18(4)34)25(44-16(2)32)14-42-24-10-5-19(11-22(24)30(39)40)12-43-28(36)47-21-8-6-20(7-9-21)29(37)38/h5-11,23,25-27,35H,12-14H2,1-4H3/t23?,25-,26+,27+/m1/s1. The highest BCUT2D eigenvalue weighted by Crippen LogP contribution is 2.30. The van der Waals surface area contributed by atoms with Crippen LogP contribution >= 0.6 is 0 Å². The minimum absolute atomic E-state index is 0.0560. The minimum atomic E-state index is -1.79. The van der Waals surface area contributed by atoms with Gasteiger partial charge in [-0.1, -0.05) is 6.07 Å². The van der Waals surface area contributed by atoms with Crippen molar-refractivity contribution in [2.45, 2.75) is 58.7 Å². The number of benzene rings is 2. The number of esters is 4. The summed E-state index contributed by atoms with van der Waals surface area (Å²) in [6, 6.07) is 7.96. The van der Waals surface area contributed by atoms with Gasteiger partial charge in [-0.25, -0.2) is 4.79 Å². The first-order valence-electron chi connectivity index (χ1n) is 13.4. The summed E-state index contributed by atoms with van der Waals surface area (Å²) in [5.41, 5.74) is -0.753. The monoisotopic (exact) mass is 666 g/mol. The van der Waals surface area contributed by atoms with Crippen LogP contribution in [-0.4, -0.2) is 82.6 Å². The average Bonchev–Trinajstić information content (AvgIpc) is 2.98. The molecule has 2 aromatic rings. The van der Waals surface area contributed by atoms with Crippen LogP contribution in [0.15, 0.2) is 42.5 Å². The minimum Gasteiger partial charge on any atom is -0.483 e. The van der Waals surface area contributed by atoms with Crippen LogP contribution in [0.3, 0.4) is 0 Å². The van der Waals surface area contributed by atoms with Crippen molar-refractivity contribution in [3.8, 4) is 11.5 Å². The number of carbonyl (C=O) groups excluding carboxylic acids is 5. The molecule has 1 unspecified atom stereocenters. The van der Waals surface area contributed by atoms with E-state index in [9.17, 15) is 49.3 Å². The summed E-state index contributed by atoms with van der Waals surface area (Å²) in [5.74, 6) is -4.09. The number of rotatable bonds is 16. The number of nitrogens with zero attached hydrogens (tertiary/aromatic N) is 2. The molecule has 47 heavy (non-hydrogen) atoms. The van der Waals surface area contributed by atoms with E-state index in [1.54, 1.807) is 0 Å². The summed E-state index contributed by atoms with van der Waals surface area (Å²) >= 11 is 0. The summed E-state index contributed by atoms with van der Waals surface area (Å²) < 4.78 is 35.7. The number of hydrogen-bond acceptors (Lipinski definition) is 17. The maximum absolute atomic E-state index is 12.1. The van der Waals surface area contributed by atoms with E-state index in [0.29, 0.717) is 0 Å². The van der Waals surface area contributed by atoms with Crippen molar-refractivity contribution in [2.24, 2.45) is 0 Å². The third-order valence-electron chi connectivity index (χ3n) is 5.68. The van der Waals surface area contributed by atoms with E-state index in [0.717, 1.165) is 52.0 Å². The predicted octanol–water partition coefficient (Wildman–Crippen LogP) is 2.32. The van der Waals surface area contributed by atoms with Crippen molar-refractivity contribution >= 4 is 41.4 Å². The molecule has 0 bridgehead atoms. The van der Waals surface area contributed by atoms with Gasteiger partial charge in [0.25, 0.3) is 5.69 Å². The lowest BCUT2D eigenvalue weighted by Crippen LogP contribution is -2.53. The molecule has 2 rings (SSSR count). The normalized spacial score (nSPS) is 13.0. The molecule has 0 aliphatic rings. The molecule has 0 radical (unpaired) electrons. The smallest absolute Gasteiger partial charge is 0.483 e. The summed E-state index contributed by atoms with van der Waals surface area (Å²) in [5, 5.41) is 33.2. The lowest BCUT2D eigenvalue weighted by Gasteiger charge is -2.33. The van der Waals surface area contributed by atoms with Gasteiger partial charge in [0.05, 0.1) is 9.85 Å². The molecular weight excluding hydrogens is 636 g/mol. The van der Waals surface area contributed by atoms with E-state index in [-0.39, 0.29) is 22.7 Å². The van der Waals surface area contributed by atoms with E-state index >= 15 is 0 Å².